The minimum Gasteiger partial charge on any atom is -0.386 e. The van der Waals surface area contributed by atoms with Gasteiger partial charge in [0.15, 0.2) is 0 Å². The van der Waals surface area contributed by atoms with Crippen LogP contribution in [0.1, 0.15) is 52.9 Å². The van der Waals surface area contributed by atoms with Gasteiger partial charge >= 0.3 is 0 Å². The Kier molecular flexibility index (Phi) is 5.77. The van der Waals surface area contributed by atoms with E-state index in [1.807, 2.05) is 0 Å². The second kappa shape index (κ2) is 7.61. The van der Waals surface area contributed by atoms with Gasteiger partial charge in [-0.15, -0.1) is 11.6 Å². The van der Waals surface area contributed by atoms with Crippen LogP contribution in [0.5, 0.6) is 0 Å². The number of fused-ring (bicyclic) bond motifs is 4. The van der Waals surface area contributed by atoms with Crippen LogP contribution in [0.2, 0.25) is 0 Å². The molecule has 28 heavy (non-hydrogen) atoms. The van der Waals surface area contributed by atoms with E-state index < -0.39 is 24.0 Å². The molecule has 5 rings (SSSR count). The van der Waals surface area contributed by atoms with E-state index in [4.69, 9.17) is 22.1 Å². The van der Waals surface area contributed by atoms with Gasteiger partial charge in [-0.25, -0.2) is 0 Å². The molecule has 7 nitrogen and oxygen atoms in total. The van der Waals surface area contributed by atoms with Crippen molar-refractivity contribution in [1.29, 1.82) is 0 Å². The van der Waals surface area contributed by atoms with Crippen molar-refractivity contribution in [2.24, 2.45) is 17.6 Å². The molecule has 10 atom stereocenters. The average molecular weight is 417 g/mol. The van der Waals surface area contributed by atoms with Crippen molar-refractivity contribution in [1.82, 2.24) is 15.1 Å². The fourth-order valence-corrected chi connectivity index (χ4v) is 6.92. The van der Waals surface area contributed by atoms with E-state index in [-0.39, 0.29) is 23.6 Å². The van der Waals surface area contributed by atoms with Crippen molar-refractivity contribution in [3.63, 3.8) is 0 Å². The van der Waals surface area contributed by atoms with Gasteiger partial charge in [0.2, 0.25) is 0 Å². The summed E-state index contributed by atoms with van der Waals surface area (Å²) in [6.07, 6.45) is 3.19. The van der Waals surface area contributed by atoms with Crippen LogP contribution in [-0.4, -0.2) is 81.0 Å². The topological polar surface area (TPSA) is 94.2 Å². The molecule has 5 N–H and O–H groups in total. The average Bonchev–Trinajstić information content (AvgIpc) is 3.15. The van der Waals surface area contributed by atoms with E-state index in [0.717, 1.165) is 45.3 Å². The van der Waals surface area contributed by atoms with Crippen LogP contribution in [0.15, 0.2) is 0 Å². The summed E-state index contributed by atoms with van der Waals surface area (Å²) in [5, 5.41) is 25.7. The molecule has 5 saturated heterocycles. The number of nitrogens with zero attached hydrogens (tertiary/aromatic N) is 2. The first-order valence-electron chi connectivity index (χ1n) is 11.0. The Balaban J connectivity index is 1.71. The summed E-state index contributed by atoms with van der Waals surface area (Å²) in [7, 11) is 0. The number of hydrogen-bond acceptors (Lipinski definition) is 7. The van der Waals surface area contributed by atoms with E-state index in [9.17, 15) is 10.2 Å². The molecule has 0 aromatic carbocycles. The van der Waals surface area contributed by atoms with Crippen LogP contribution in [-0.2, 0) is 4.74 Å². The van der Waals surface area contributed by atoms with Crippen molar-refractivity contribution >= 4 is 11.6 Å². The first-order chi connectivity index (χ1) is 13.3. The number of hydrogen-bond donors (Lipinski definition) is 4. The lowest BCUT2D eigenvalue weighted by Gasteiger charge is -2.60. The van der Waals surface area contributed by atoms with Gasteiger partial charge in [0.05, 0.1) is 24.4 Å². The number of alkyl halides is 1. The van der Waals surface area contributed by atoms with Crippen molar-refractivity contribution in [3.8, 4) is 0 Å². The quantitative estimate of drug-likeness (QED) is 0.504. The van der Waals surface area contributed by atoms with Gasteiger partial charge in [-0.05, 0) is 38.5 Å². The van der Waals surface area contributed by atoms with Gasteiger partial charge in [-0.2, -0.15) is 0 Å². The van der Waals surface area contributed by atoms with Gasteiger partial charge in [0, 0.05) is 18.5 Å². The van der Waals surface area contributed by atoms with Crippen LogP contribution in [0.4, 0.5) is 0 Å². The fourth-order valence-electron chi connectivity index (χ4n) is 6.54. The molecule has 0 aromatic rings. The largest absolute Gasteiger partial charge is 0.386 e. The highest BCUT2D eigenvalue weighted by atomic mass is 35.5. The lowest BCUT2D eigenvalue weighted by molar-refractivity contribution is -0.182. The third-order valence-corrected chi connectivity index (χ3v) is 8.52. The van der Waals surface area contributed by atoms with E-state index in [2.05, 4.69) is 29.0 Å². The lowest BCUT2D eigenvalue weighted by Crippen LogP contribution is -2.78. The monoisotopic (exact) mass is 416 g/mol. The van der Waals surface area contributed by atoms with Crippen LogP contribution in [0.3, 0.4) is 0 Å². The zero-order valence-electron chi connectivity index (χ0n) is 17.4. The van der Waals surface area contributed by atoms with Gasteiger partial charge in [-0.3, -0.25) is 15.1 Å². The minimum atomic E-state index is -1.36. The van der Waals surface area contributed by atoms with Crippen molar-refractivity contribution in [3.05, 3.63) is 0 Å². The molecule has 1 spiro atoms. The summed E-state index contributed by atoms with van der Waals surface area (Å²) < 4.78 is 6.16. The van der Waals surface area contributed by atoms with Gasteiger partial charge in [0.1, 0.15) is 24.0 Å². The summed E-state index contributed by atoms with van der Waals surface area (Å²) in [5.41, 5.74) is 5.17. The van der Waals surface area contributed by atoms with Gasteiger partial charge in [-0.1, -0.05) is 20.3 Å². The summed E-state index contributed by atoms with van der Waals surface area (Å²) in [6, 6.07) is 0.513. The molecule has 5 aliphatic rings. The molecule has 2 bridgehead atoms. The van der Waals surface area contributed by atoms with Crippen molar-refractivity contribution < 1.29 is 14.9 Å². The Morgan fingerprint density at radius 2 is 2.00 bits per heavy atom. The minimum absolute atomic E-state index is 0.00608. The molecule has 0 amide bonds. The number of aliphatic hydroxyl groups is 2. The second-order valence-electron chi connectivity index (χ2n) is 9.34. The van der Waals surface area contributed by atoms with Crippen LogP contribution < -0.4 is 11.1 Å². The Labute approximate surface area is 173 Å². The lowest BCUT2D eigenvalue weighted by atomic mass is 9.72. The number of likely N-dealkylation sites (tertiary alicyclic amines) is 1. The predicted molar refractivity (Wildman–Crippen MR) is 108 cm³/mol. The van der Waals surface area contributed by atoms with E-state index in [1.54, 1.807) is 6.92 Å². The number of rotatable bonds is 4. The number of aliphatic hydroxyl groups excluding tert-OH is 1. The van der Waals surface area contributed by atoms with Crippen LogP contribution in [0.25, 0.3) is 0 Å². The molecule has 0 aromatic heterocycles. The van der Waals surface area contributed by atoms with E-state index in [0.29, 0.717) is 12.0 Å². The highest BCUT2D eigenvalue weighted by Gasteiger charge is 2.65. The molecule has 5 fully saturated rings. The zero-order valence-corrected chi connectivity index (χ0v) is 18.1. The Morgan fingerprint density at radius 3 is 2.61 bits per heavy atom. The maximum absolute atomic E-state index is 11.0. The molecule has 0 radical (unpaired) electrons. The zero-order chi connectivity index (χ0) is 20.3. The summed E-state index contributed by atoms with van der Waals surface area (Å²) in [5.74, 6) is 0.829. The highest BCUT2D eigenvalue weighted by molar-refractivity contribution is 6.18. The number of halogens is 1. The van der Waals surface area contributed by atoms with Gasteiger partial charge in [0.25, 0.3) is 0 Å². The van der Waals surface area contributed by atoms with Crippen LogP contribution in [0, 0.1) is 11.8 Å². The first-order valence-corrected chi connectivity index (χ1v) is 11.5. The second-order valence-corrected chi connectivity index (χ2v) is 9.65. The first kappa shape index (κ1) is 21.2. The molecule has 5 aliphatic heterocycles. The van der Waals surface area contributed by atoms with Crippen molar-refractivity contribution in [2.75, 3.05) is 19.1 Å². The molecule has 8 heteroatoms. The van der Waals surface area contributed by atoms with E-state index >= 15 is 0 Å². The Hall–Kier alpha value is 0.01000. The summed E-state index contributed by atoms with van der Waals surface area (Å²) in [4.78, 5) is 4.71. The smallest absolute Gasteiger partial charge is 0.141 e. The Morgan fingerprint density at radius 1 is 1.25 bits per heavy atom. The maximum Gasteiger partial charge on any atom is 0.141 e. The van der Waals surface area contributed by atoms with E-state index in [1.165, 1.54) is 0 Å². The molecule has 5 heterocycles. The Bertz CT molecular complexity index is 582. The standard InChI is InChI=1S/C20H37ClN4O3/c1-4-12-6-7-13(5-2)24-11-23-20(12)14(17(24)22)8-9-25(20)18-16(26)19(3,27)15(10-21)28-18/h12-18,23,26-27H,4-11,22H2,1-3H3/t12?,13?,14?,15-,16+,17?,18-,19-,20?/m1/s1. The normalized spacial score (nSPS) is 54.5. The third-order valence-electron chi connectivity index (χ3n) is 8.24. The van der Waals surface area contributed by atoms with Gasteiger partial charge < -0.3 is 20.7 Å². The molecular formula is C20H37ClN4O3. The maximum atomic E-state index is 11.0. The molecule has 0 saturated carbocycles. The summed E-state index contributed by atoms with van der Waals surface area (Å²) >= 11 is 6.05. The molecule has 162 valence electrons. The number of nitrogens with two attached hydrogens (primary N) is 1. The number of ether oxygens (including phenoxy) is 1. The highest BCUT2D eigenvalue weighted by Crippen LogP contribution is 2.51. The predicted octanol–water partition coefficient (Wildman–Crippen LogP) is 0.826. The SMILES string of the molecule is CCC1CCC(CC)C23NCN1C(N)C2CCN3[C@@H]1O[C@H](CCl)[C@@](C)(O)[C@H]1O. The molecule has 0 aliphatic carbocycles. The summed E-state index contributed by atoms with van der Waals surface area (Å²) in [6.45, 7) is 7.66. The number of nitrogens with one attached hydrogen (secondary N) is 1. The molecule has 6 unspecified atom stereocenters. The van der Waals surface area contributed by atoms with Crippen LogP contribution >= 0.6 is 11.6 Å². The third kappa shape index (κ3) is 2.82. The van der Waals surface area contributed by atoms with Crippen molar-refractivity contribution in [2.45, 2.75) is 94.8 Å². The fraction of sp³-hybridized carbons (Fsp3) is 1.00. The molecular weight excluding hydrogens is 380 g/mol.